The summed E-state index contributed by atoms with van der Waals surface area (Å²) in [4.78, 5) is 12.0. The highest BCUT2D eigenvalue weighted by molar-refractivity contribution is 7.89. The molecule has 0 radical (unpaired) electrons. The number of nitrogens with two attached hydrogens (primary N) is 1. The molecule has 23 heavy (non-hydrogen) atoms. The van der Waals surface area contributed by atoms with Crippen molar-refractivity contribution in [3.05, 3.63) is 42.2 Å². The fourth-order valence-electron chi connectivity index (χ4n) is 1.99. The zero-order valence-electron chi connectivity index (χ0n) is 12.9. The molecule has 1 aromatic heterocycles. The lowest BCUT2D eigenvalue weighted by molar-refractivity contribution is 0.249. The lowest BCUT2D eigenvalue weighted by Gasteiger charge is -2.14. The summed E-state index contributed by atoms with van der Waals surface area (Å²) in [5.41, 5.74) is 1.36. The van der Waals surface area contributed by atoms with Gasteiger partial charge < -0.3 is 10.6 Å². The minimum absolute atomic E-state index is 0.0323. The molecule has 1 atom stereocenters. The van der Waals surface area contributed by atoms with Gasteiger partial charge in [0.1, 0.15) is 0 Å². The number of anilines is 1. The SMILES string of the molecule is CCn1cc(NC(=O)N[C@H](C)c2ccc(S(N)(=O)=O)cc2)cn1. The summed E-state index contributed by atoms with van der Waals surface area (Å²) in [5.74, 6) is 0. The molecule has 4 N–H and O–H groups in total. The van der Waals surface area contributed by atoms with E-state index in [0.29, 0.717) is 5.69 Å². The van der Waals surface area contributed by atoms with Crippen LogP contribution in [0.1, 0.15) is 25.5 Å². The number of rotatable bonds is 5. The first-order valence-corrected chi connectivity index (χ1v) is 8.57. The van der Waals surface area contributed by atoms with Gasteiger partial charge in [-0.05, 0) is 31.5 Å². The van der Waals surface area contributed by atoms with Crippen LogP contribution in [0, 0.1) is 0 Å². The van der Waals surface area contributed by atoms with E-state index in [1.54, 1.807) is 36.1 Å². The van der Waals surface area contributed by atoms with Crippen LogP contribution in [0.25, 0.3) is 0 Å². The average molecular weight is 337 g/mol. The molecule has 8 nitrogen and oxygen atoms in total. The van der Waals surface area contributed by atoms with E-state index in [-0.39, 0.29) is 17.0 Å². The van der Waals surface area contributed by atoms with Gasteiger partial charge in [0.2, 0.25) is 10.0 Å². The number of primary sulfonamides is 1. The number of hydrogen-bond acceptors (Lipinski definition) is 4. The van der Waals surface area contributed by atoms with Crippen LogP contribution in [-0.4, -0.2) is 24.2 Å². The summed E-state index contributed by atoms with van der Waals surface area (Å²) in [6.45, 7) is 4.46. The van der Waals surface area contributed by atoms with Gasteiger partial charge in [0.05, 0.1) is 22.8 Å². The second-order valence-corrected chi connectivity index (χ2v) is 6.58. The maximum atomic E-state index is 11.9. The molecule has 0 aliphatic heterocycles. The van der Waals surface area contributed by atoms with Crippen molar-refractivity contribution in [3.8, 4) is 0 Å². The molecule has 9 heteroatoms. The van der Waals surface area contributed by atoms with E-state index < -0.39 is 10.0 Å². The lowest BCUT2D eigenvalue weighted by atomic mass is 10.1. The van der Waals surface area contributed by atoms with E-state index in [0.717, 1.165) is 12.1 Å². The number of benzene rings is 1. The van der Waals surface area contributed by atoms with Gasteiger partial charge >= 0.3 is 6.03 Å². The number of urea groups is 1. The van der Waals surface area contributed by atoms with Crippen LogP contribution in [0.4, 0.5) is 10.5 Å². The third-order valence-corrected chi connectivity index (χ3v) is 4.20. The number of carbonyl (C=O) groups is 1. The van der Waals surface area contributed by atoms with Crippen molar-refractivity contribution >= 4 is 21.7 Å². The summed E-state index contributed by atoms with van der Waals surface area (Å²) < 4.78 is 24.1. The zero-order valence-corrected chi connectivity index (χ0v) is 13.7. The summed E-state index contributed by atoms with van der Waals surface area (Å²) in [6.07, 6.45) is 3.29. The average Bonchev–Trinajstić information content (AvgIpc) is 2.94. The van der Waals surface area contributed by atoms with E-state index >= 15 is 0 Å². The number of amides is 2. The highest BCUT2D eigenvalue weighted by Gasteiger charge is 2.12. The fourth-order valence-corrected chi connectivity index (χ4v) is 2.51. The molecule has 0 aliphatic carbocycles. The number of hydrogen-bond donors (Lipinski definition) is 3. The first-order chi connectivity index (χ1) is 10.8. The Balaban J connectivity index is 1.98. The second-order valence-electron chi connectivity index (χ2n) is 5.02. The highest BCUT2D eigenvalue weighted by Crippen LogP contribution is 2.15. The minimum atomic E-state index is -3.72. The molecular weight excluding hydrogens is 318 g/mol. The van der Waals surface area contributed by atoms with E-state index in [9.17, 15) is 13.2 Å². The summed E-state index contributed by atoms with van der Waals surface area (Å²) >= 11 is 0. The molecule has 0 spiro atoms. The Labute approximate surface area is 134 Å². The van der Waals surface area contributed by atoms with E-state index in [1.807, 2.05) is 6.92 Å². The normalized spacial score (nSPS) is 12.7. The molecular formula is C14H19N5O3S. The van der Waals surface area contributed by atoms with E-state index in [4.69, 9.17) is 5.14 Å². The van der Waals surface area contributed by atoms with Gasteiger partial charge in [0.25, 0.3) is 0 Å². The predicted octanol–water partition coefficient (Wildman–Crippen LogP) is 1.43. The van der Waals surface area contributed by atoms with Gasteiger partial charge in [-0.1, -0.05) is 12.1 Å². The molecule has 1 heterocycles. The molecule has 0 saturated heterocycles. The Morgan fingerprint density at radius 3 is 2.52 bits per heavy atom. The number of nitrogens with zero attached hydrogens (tertiary/aromatic N) is 2. The molecule has 0 saturated carbocycles. The van der Waals surface area contributed by atoms with Crippen molar-refractivity contribution in [2.75, 3.05) is 5.32 Å². The minimum Gasteiger partial charge on any atom is -0.331 e. The Bertz CT molecular complexity index is 783. The lowest BCUT2D eigenvalue weighted by Crippen LogP contribution is -2.31. The molecule has 2 aromatic rings. The van der Waals surface area contributed by atoms with Gasteiger partial charge in [-0.15, -0.1) is 0 Å². The van der Waals surface area contributed by atoms with Gasteiger partial charge in [0, 0.05) is 12.7 Å². The molecule has 0 unspecified atom stereocenters. The van der Waals surface area contributed by atoms with Crippen LogP contribution in [-0.2, 0) is 16.6 Å². The summed E-state index contributed by atoms with van der Waals surface area (Å²) in [6, 6.07) is 5.37. The van der Waals surface area contributed by atoms with Crippen LogP contribution in [0.2, 0.25) is 0 Å². The number of aromatic nitrogens is 2. The van der Waals surface area contributed by atoms with E-state index in [2.05, 4.69) is 15.7 Å². The Kier molecular flexibility index (Phi) is 5.02. The second kappa shape index (κ2) is 6.80. The largest absolute Gasteiger partial charge is 0.331 e. The van der Waals surface area contributed by atoms with Gasteiger partial charge in [-0.3, -0.25) is 4.68 Å². The standard InChI is InChI=1S/C14H19N5O3S/c1-3-19-9-12(8-16-19)18-14(20)17-10(2)11-4-6-13(7-5-11)23(15,21)22/h4-10H,3H2,1-2H3,(H2,15,21,22)(H2,17,18,20)/t10-/m1/s1. The van der Waals surface area contributed by atoms with Crippen molar-refractivity contribution in [2.24, 2.45) is 5.14 Å². The van der Waals surface area contributed by atoms with Gasteiger partial charge in [-0.25, -0.2) is 18.4 Å². The quantitative estimate of drug-likeness (QED) is 0.764. The van der Waals surface area contributed by atoms with Crippen molar-refractivity contribution in [1.82, 2.24) is 15.1 Å². The van der Waals surface area contributed by atoms with Crippen LogP contribution in [0.15, 0.2) is 41.6 Å². The van der Waals surface area contributed by atoms with Crippen molar-refractivity contribution < 1.29 is 13.2 Å². The summed E-state index contributed by atoms with van der Waals surface area (Å²) in [7, 11) is -3.72. The molecule has 2 rings (SSSR count). The maximum absolute atomic E-state index is 11.9. The third kappa shape index (κ3) is 4.54. The monoisotopic (exact) mass is 337 g/mol. The van der Waals surface area contributed by atoms with Crippen molar-refractivity contribution in [1.29, 1.82) is 0 Å². The Morgan fingerprint density at radius 1 is 1.35 bits per heavy atom. The van der Waals surface area contributed by atoms with Crippen molar-refractivity contribution in [3.63, 3.8) is 0 Å². The maximum Gasteiger partial charge on any atom is 0.319 e. The van der Waals surface area contributed by atoms with Crippen LogP contribution in [0.5, 0.6) is 0 Å². The van der Waals surface area contributed by atoms with Gasteiger partial charge in [0.15, 0.2) is 0 Å². The predicted molar refractivity (Wildman–Crippen MR) is 86.3 cm³/mol. The van der Waals surface area contributed by atoms with E-state index in [1.165, 1.54) is 12.1 Å². The summed E-state index contributed by atoms with van der Waals surface area (Å²) in [5, 5.41) is 14.6. The number of carbonyl (C=O) groups excluding carboxylic acids is 1. The molecule has 0 aliphatic rings. The molecule has 2 amide bonds. The Hall–Kier alpha value is -2.39. The number of aryl methyl sites for hydroxylation is 1. The number of sulfonamides is 1. The fraction of sp³-hybridized carbons (Fsp3) is 0.286. The van der Waals surface area contributed by atoms with Gasteiger partial charge in [-0.2, -0.15) is 5.10 Å². The van der Waals surface area contributed by atoms with Crippen LogP contribution < -0.4 is 15.8 Å². The molecule has 1 aromatic carbocycles. The topological polar surface area (TPSA) is 119 Å². The number of nitrogens with one attached hydrogen (secondary N) is 2. The van der Waals surface area contributed by atoms with Crippen LogP contribution in [0.3, 0.4) is 0 Å². The molecule has 0 bridgehead atoms. The first-order valence-electron chi connectivity index (χ1n) is 7.02. The Morgan fingerprint density at radius 2 is 2.00 bits per heavy atom. The molecule has 124 valence electrons. The zero-order chi connectivity index (χ0) is 17.0. The first kappa shape index (κ1) is 17.0. The highest BCUT2D eigenvalue weighted by atomic mass is 32.2. The van der Waals surface area contributed by atoms with Crippen LogP contribution >= 0.6 is 0 Å². The molecule has 0 fully saturated rings. The third-order valence-electron chi connectivity index (χ3n) is 3.27. The van der Waals surface area contributed by atoms with Crippen molar-refractivity contribution in [2.45, 2.75) is 31.3 Å². The smallest absolute Gasteiger partial charge is 0.319 e.